The van der Waals surface area contributed by atoms with Crippen LogP contribution in [-0.2, 0) is 9.53 Å². The number of aromatic nitrogens is 2. The number of hydrogen-bond acceptors (Lipinski definition) is 6. The maximum absolute atomic E-state index is 11.9. The Hall–Kier alpha value is -2.57. The summed E-state index contributed by atoms with van der Waals surface area (Å²) >= 11 is 0. The Bertz CT molecular complexity index is 647. The van der Waals surface area contributed by atoms with Crippen LogP contribution in [-0.4, -0.2) is 43.0 Å². The van der Waals surface area contributed by atoms with Gasteiger partial charge in [-0.05, 0) is 0 Å². The van der Waals surface area contributed by atoms with Crippen LogP contribution in [0.3, 0.4) is 0 Å². The molecule has 0 saturated heterocycles. The number of hydrogen-bond donors (Lipinski definition) is 1. The van der Waals surface area contributed by atoms with Gasteiger partial charge in [0.05, 0.1) is 38.5 Å². The summed E-state index contributed by atoms with van der Waals surface area (Å²) in [6.07, 6.45) is 2.82. The standard InChI is InChI=1S/C12H12N2O5/c1-17-7-5-14-11(18-2)9-8(7)6(4-13-9)10(15)12(16)19-3/h4-5,13H,1-3H3. The monoisotopic (exact) mass is 264 g/mol. The second kappa shape index (κ2) is 4.97. The highest BCUT2D eigenvalue weighted by atomic mass is 16.5. The maximum atomic E-state index is 11.9. The Labute approximate surface area is 108 Å². The third-order valence-corrected chi connectivity index (χ3v) is 2.67. The van der Waals surface area contributed by atoms with Crippen molar-refractivity contribution in [3.05, 3.63) is 18.0 Å². The Morgan fingerprint density at radius 3 is 2.53 bits per heavy atom. The van der Waals surface area contributed by atoms with E-state index in [9.17, 15) is 9.59 Å². The van der Waals surface area contributed by atoms with Gasteiger partial charge in [-0.15, -0.1) is 0 Å². The fraction of sp³-hybridized carbons (Fsp3) is 0.250. The van der Waals surface area contributed by atoms with Crippen molar-refractivity contribution in [2.75, 3.05) is 21.3 Å². The predicted octanol–water partition coefficient (Wildman–Crippen LogP) is 0.936. The van der Waals surface area contributed by atoms with E-state index in [0.717, 1.165) is 7.11 Å². The molecule has 0 aliphatic carbocycles. The molecule has 0 unspecified atom stereocenters. The van der Waals surface area contributed by atoms with Gasteiger partial charge in [0.25, 0.3) is 5.78 Å². The summed E-state index contributed by atoms with van der Waals surface area (Å²) in [5, 5.41) is 0.435. The number of ether oxygens (including phenoxy) is 3. The highest BCUT2D eigenvalue weighted by Gasteiger charge is 2.24. The molecule has 0 spiro atoms. The van der Waals surface area contributed by atoms with Crippen LogP contribution in [0.15, 0.2) is 12.4 Å². The summed E-state index contributed by atoms with van der Waals surface area (Å²) in [5.41, 5.74) is 0.633. The van der Waals surface area contributed by atoms with Gasteiger partial charge in [0.15, 0.2) is 0 Å². The number of fused-ring (bicyclic) bond motifs is 1. The zero-order chi connectivity index (χ0) is 14.0. The minimum atomic E-state index is -0.946. The van der Waals surface area contributed by atoms with E-state index in [2.05, 4.69) is 14.7 Å². The van der Waals surface area contributed by atoms with Crippen molar-refractivity contribution in [2.24, 2.45) is 0 Å². The molecule has 0 amide bonds. The molecule has 0 aromatic carbocycles. The number of Topliss-reactive ketones (excluding diaryl/α,β-unsaturated/α-hetero) is 1. The zero-order valence-corrected chi connectivity index (χ0v) is 10.6. The largest absolute Gasteiger partial charge is 0.494 e. The van der Waals surface area contributed by atoms with Crippen LogP contribution in [0.1, 0.15) is 10.4 Å². The minimum absolute atomic E-state index is 0.152. The molecule has 19 heavy (non-hydrogen) atoms. The molecule has 0 saturated carbocycles. The molecular formula is C12H12N2O5. The quantitative estimate of drug-likeness (QED) is 0.502. The van der Waals surface area contributed by atoms with Gasteiger partial charge in [-0.1, -0.05) is 0 Å². The number of nitrogens with zero attached hydrogens (tertiary/aromatic N) is 1. The van der Waals surface area contributed by atoms with Gasteiger partial charge in [-0.25, -0.2) is 9.78 Å². The molecule has 0 radical (unpaired) electrons. The molecule has 2 heterocycles. The van der Waals surface area contributed by atoms with E-state index in [1.54, 1.807) is 0 Å². The molecule has 1 N–H and O–H groups in total. The molecule has 7 nitrogen and oxygen atoms in total. The smallest absolute Gasteiger partial charge is 0.379 e. The van der Waals surface area contributed by atoms with Crippen molar-refractivity contribution >= 4 is 22.7 Å². The summed E-state index contributed by atoms with van der Waals surface area (Å²) in [6.45, 7) is 0. The first-order valence-corrected chi connectivity index (χ1v) is 5.34. The first-order chi connectivity index (χ1) is 9.13. The van der Waals surface area contributed by atoms with Gasteiger partial charge in [0, 0.05) is 6.20 Å². The lowest BCUT2D eigenvalue weighted by atomic mass is 10.1. The molecule has 0 atom stereocenters. The summed E-state index contributed by atoms with van der Waals surface area (Å²) in [5.74, 6) is -1.04. The van der Waals surface area contributed by atoms with E-state index < -0.39 is 11.8 Å². The van der Waals surface area contributed by atoms with Gasteiger partial charge >= 0.3 is 5.97 Å². The van der Waals surface area contributed by atoms with Crippen LogP contribution in [0.5, 0.6) is 11.6 Å². The summed E-state index contributed by atoms with van der Waals surface area (Å²) in [4.78, 5) is 30.1. The average molecular weight is 264 g/mol. The topological polar surface area (TPSA) is 90.5 Å². The maximum Gasteiger partial charge on any atom is 0.379 e. The van der Waals surface area contributed by atoms with Crippen molar-refractivity contribution in [2.45, 2.75) is 0 Å². The first-order valence-electron chi connectivity index (χ1n) is 5.34. The third-order valence-electron chi connectivity index (χ3n) is 2.67. The lowest BCUT2D eigenvalue weighted by molar-refractivity contribution is -0.135. The summed E-state index contributed by atoms with van der Waals surface area (Å²) in [6, 6.07) is 0. The van der Waals surface area contributed by atoms with Crippen LogP contribution >= 0.6 is 0 Å². The number of pyridine rings is 1. The number of carbonyl (C=O) groups is 2. The SMILES string of the molecule is COC(=O)C(=O)c1c[nH]c2c(OC)ncc(OC)c12. The van der Waals surface area contributed by atoms with Gasteiger partial charge in [-0.2, -0.15) is 0 Å². The van der Waals surface area contributed by atoms with Crippen LogP contribution in [0.2, 0.25) is 0 Å². The Morgan fingerprint density at radius 2 is 1.95 bits per heavy atom. The Morgan fingerprint density at radius 1 is 1.21 bits per heavy atom. The van der Waals surface area contributed by atoms with Crippen LogP contribution < -0.4 is 9.47 Å². The molecule has 2 aromatic heterocycles. The molecule has 0 fully saturated rings. The molecule has 0 bridgehead atoms. The number of rotatable bonds is 4. The van der Waals surface area contributed by atoms with Gasteiger partial charge in [0.1, 0.15) is 11.3 Å². The second-order valence-electron chi connectivity index (χ2n) is 3.61. The van der Waals surface area contributed by atoms with Crippen LogP contribution in [0.4, 0.5) is 0 Å². The highest BCUT2D eigenvalue weighted by Crippen LogP contribution is 2.33. The normalized spacial score (nSPS) is 10.3. The molecule has 0 aliphatic heterocycles. The van der Waals surface area contributed by atoms with E-state index in [0.29, 0.717) is 22.5 Å². The van der Waals surface area contributed by atoms with E-state index in [-0.39, 0.29) is 5.56 Å². The number of nitrogens with one attached hydrogen (secondary N) is 1. The average Bonchev–Trinajstić information content (AvgIpc) is 2.89. The minimum Gasteiger partial charge on any atom is -0.494 e. The first kappa shape index (κ1) is 12.9. The molecule has 7 heteroatoms. The van der Waals surface area contributed by atoms with Crippen molar-refractivity contribution in [3.63, 3.8) is 0 Å². The second-order valence-corrected chi connectivity index (χ2v) is 3.61. The summed E-state index contributed by atoms with van der Waals surface area (Å²) < 4.78 is 14.7. The number of carbonyl (C=O) groups excluding carboxylic acids is 2. The Kier molecular flexibility index (Phi) is 3.37. The van der Waals surface area contributed by atoms with Crippen molar-refractivity contribution < 1.29 is 23.8 Å². The number of H-pyrrole nitrogens is 1. The summed E-state index contributed by atoms with van der Waals surface area (Å²) in [7, 11) is 4.05. The van der Waals surface area contributed by atoms with Gasteiger partial charge in [-0.3, -0.25) is 4.79 Å². The zero-order valence-electron chi connectivity index (χ0n) is 10.6. The lowest BCUT2D eigenvalue weighted by Crippen LogP contribution is -2.15. The number of esters is 1. The number of ketones is 1. The molecule has 2 rings (SSSR count). The molecule has 0 aliphatic rings. The van der Waals surface area contributed by atoms with Gasteiger partial charge < -0.3 is 19.2 Å². The van der Waals surface area contributed by atoms with Crippen molar-refractivity contribution in [3.8, 4) is 11.6 Å². The third kappa shape index (κ3) is 1.99. The van der Waals surface area contributed by atoms with E-state index in [1.807, 2.05) is 0 Å². The predicted molar refractivity (Wildman–Crippen MR) is 65.5 cm³/mol. The molecule has 2 aromatic rings. The fourth-order valence-corrected chi connectivity index (χ4v) is 1.79. The van der Waals surface area contributed by atoms with Gasteiger partial charge in [0.2, 0.25) is 5.88 Å². The van der Waals surface area contributed by atoms with E-state index >= 15 is 0 Å². The number of aromatic amines is 1. The van der Waals surface area contributed by atoms with E-state index in [4.69, 9.17) is 9.47 Å². The van der Waals surface area contributed by atoms with Crippen molar-refractivity contribution in [1.82, 2.24) is 9.97 Å². The molecule has 100 valence electrons. The number of methoxy groups -OCH3 is 3. The Balaban J connectivity index is 2.70. The fourth-order valence-electron chi connectivity index (χ4n) is 1.79. The van der Waals surface area contributed by atoms with Crippen LogP contribution in [0, 0.1) is 0 Å². The highest BCUT2D eigenvalue weighted by molar-refractivity contribution is 6.43. The molecular weight excluding hydrogens is 252 g/mol. The van der Waals surface area contributed by atoms with Crippen LogP contribution in [0.25, 0.3) is 10.9 Å². The van der Waals surface area contributed by atoms with Crippen molar-refractivity contribution in [1.29, 1.82) is 0 Å². The van der Waals surface area contributed by atoms with E-state index in [1.165, 1.54) is 26.6 Å². The lowest BCUT2D eigenvalue weighted by Gasteiger charge is -2.06.